The summed E-state index contributed by atoms with van der Waals surface area (Å²) in [6.07, 6.45) is -0.483. The molecular weight excluding hydrogens is 335 g/mol. The van der Waals surface area contributed by atoms with Gasteiger partial charge in [-0.25, -0.2) is 4.79 Å². The minimum atomic E-state index is -0.549. The topological polar surface area (TPSA) is 103 Å². The number of halogens is 1. The molecule has 0 aromatic rings. The van der Waals surface area contributed by atoms with E-state index in [-0.39, 0.29) is 29.9 Å². The predicted octanol–water partition coefficient (Wildman–Crippen LogP) is 1.18. The molecule has 0 bridgehead atoms. The van der Waals surface area contributed by atoms with Crippen molar-refractivity contribution >= 4 is 36.0 Å². The van der Waals surface area contributed by atoms with Crippen LogP contribution in [0, 0.1) is 0 Å². The Labute approximate surface area is 120 Å². The molecule has 0 heterocycles. The number of ether oxygens (including phenoxy) is 1. The molecule has 1 amide bonds. The lowest BCUT2D eigenvalue weighted by Gasteiger charge is -2.27. The summed E-state index contributed by atoms with van der Waals surface area (Å²) in [7, 11) is 0. The van der Waals surface area contributed by atoms with E-state index in [2.05, 4.69) is 10.3 Å². The average Bonchev–Trinajstić information content (AvgIpc) is 1.95. The Morgan fingerprint density at radius 3 is 2.06 bits per heavy atom. The molecule has 0 rings (SSSR count). The molecule has 0 aliphatic rings. The fourth-order valence-corrected chi connectivity index (χ4v) is 0.908. The quantitative estimate of drug-likeness (QED) is 0.400. The normalized spacial score (nSPS) is 11.1. The second-order valence-corrected chi connectivity index (χ2v) is 5.25. The van der Waals surface area contributed by atoms with Gasteiger partial charge in [0.2, 0.25) is 0 Å². The van der Waals surface area contributed by atoms with E-state index < -0.39 is 17.2 Å². The van der Waals surface area contributed by atoms with E-state index in [9.17, 15) is 4.79 Å². The average molecular weight is 358 g/mol. The van der Waals surface area contributed by atoms with Gasteiger partial charge in [0.1, 0.15) is 5.60 Å². The number of aliphatic imine (C=N–C) groups is 1. The van der Waals surface area contributed by atoms with Gasteiger partial charge in [-0.3, -0.25) is 4.99 Å². The first-order valence-corrected chi connectivity index (χ1v) is 5.08. The summed E-state index contributed by atoms with van der Waals surface area (Å²) in [5.74, 6) is -0.000867. The van der Waals surface area contributed by atoms with Crippen LogP contribution in [0.5, 0.6) is 0 Å². The fraction of sp³-hybridized carbons (Fsp3) is 0.800. The minimum Gasteiger partial charge on any atom is -0.444 e. The van der Waals surface area contributed by atoms with Gasteiger partial charge in [-0.2, -0.15) is 0 Å². The minimum absolute atomic E-state index is 0. The molecule has 7 heteroatoms. The largest absolute Gasteiger partial charge is 0.444 e. The van der Waals surface area contributed by atoms with Gasteiger partial charge in [-0.05, 0) is 34.6 Å². The van der Waals surface area contributed by atoms with Crippen molar-refractivity contribution in [2.45, 2.75) is 45.8 Å². The van der Waals surface area contributed by atoms with Gasteiger partial charge in [0.15, 0.2) is 5.96 Å². The lowest BCUT2D eigenvalue weighted by molar-refractivity contribution is 0.0476. The number of nitrogens with zero attached hydrogens (tertiary/aromatic N) is 1. The molecule has 0 aliphatic heterocycles. The molecule has 0 unspecified atom stereocenters. The molecule has 0 aliphatic carbocycles. The molecule has 0 saturated heterocycles. The van der Waals surface area contributed by atoms with Crippen LogP contribution in [0.2, 0.25) is 0 Å². The first-order valence-electron chi connectivity index (χ1n) is 5.08. The third-order valence-electron chi connectivity index (χ3n) is 1.50. The van der Waals surface area contributed by atoms with E-state index >= 15 is 0 Å². The van der Waals surface area contributed by atoms with Gasteiger partial charge in [-0.15, -0.1) is 24.0 Å². The van der Waals surface area contributed by atoms with Crippen LogP contribution in [0.1, 0.15) is 34.6 Å². The van der Waals surface area contributed by atoms with E-state index in [1.165, 1.54) is 0 Å². The maximum atomic E-state index is 11.5. The molecule has 0 atom stereocenters. The number of hydrogen-bond donors (Lipinski definition) is 3. The van der Waals surface area contributed by atoms with E-state index in [1.54, 1.807) is 20.8 Å². The zero-order valence-electron chi connectivity index (χ0n) is 11.0. The highest BCUT2D eigenvalue weighted by atomic mass is 127. The van der Waals surface area contributed by atoms with Crippen molar-refractivity contribution in [2.75, 3.05) is 6.54 Å². The summed E-state index contributed by atoms with van der Waals surface area (Å²) in [4.78, 5) is 15.3. The van der Waals surface area contributed by atoms with E-state index in [1.807, 2.05) is 13.8 Å². The van der Waals surface area contributed by atoms with Crippen molar-refractivity contribution in [3.63, 3.8) is 0 Å². The summed E-state index contributed by atoms with van der Waals surface area (Å²) < 4.78 is 5.12. The Bertz CT molecular complexity index is 281. The zero-order chi connectivity index (χ0) is 13.0. The molecule has 0 aromatic carbocycles. The number of hydrogen-bond acceptors (Lipinski definition) is 3. The molecule has 0 saturated carbocycles. The third-order valence-corrected chi connectivity index (χ3v) is 1.50. The van der Waals surface area contributed by atoms with Crippen molar-refractivity contribution < 1.29 is 9.53 Å². The van der Waals surface area contributed by atoms with Crippen molar-refractivity contribution in [2.24, 2.45) is 16.5 Å². The van der Waals surface area contributed by atoms with Gasteiger partial charge >= 0.3 is 6.09 Å². The first-order chi connectivity index (χ1) is 7.02. The number of alkyl carbamates (subject to hydrolysis) is 1. The van der Waals surface area contributed by atoms with E-state index in [0.717, 1.165) is 0 Å². The molecule has 5 N–H and O–H groups in total. The Balaban J connectivity index is 0. The van der Waals surface area contributed by atoms with Crippen LogP contribution in [0.25, 0.3) is 0 Å². The van der Waals surface area contributed by atoms with Crippen LogP contribution in [-0.4, -0.2) is 29.7 Å². The predicted molar refractivity (Wildman–Crippen MR) is 79.5 cm³/mol. The molecule has 0 radical (unpaired) electrons. The summed E-state index contributed by atoms with van der Waals surface area (Å²) in [6.45, 7) is 9.32. The molecule has 0 aromatic heterocycles. The van der Waals surface area contributed by atoms with E-state index in [0.29, 0.717) is 6.54 Å². The van der Waals surface area contributed by atoms with Crippen molar-refractivity contribution in [3.8, 4) is 0 Å². The Hall–Kier alpha value is -0.730. The summed E-state index contributed by atoms with van der Waals surface area (Å²) >= 11 is 0. The number of carbonyl (C=O) groups excluding carboxylic acids is 1. The van der Waals surface area contributed by atoms with Crippen LogP contribution in [0.4, 0.5) is 4.79 Å². The number of nitrogens with one attached hydrogen (secondary N) is 1. The molecule has 0 fully saturated rings. The van der Waals surface area contributed by atoms with Gasteiger partial charge < -0.3 is 21.5 Å². The van der Waals surface area contributed by atoms with Crippen LogP contribution in [0.3, 0.4) is 0 Å². The van der Waals surface area contributed by atoms with Gasteiger partial charge in [0.05, 0.1) is 12.1 Å². The number of carbonyl (C=O) groups is 1. The van der Waals surface area contributed by atoms with E-state index in [4.69, 9.17) is 16.2 Å². The molecule has 0 spiro atoms. The number of amides is 1. The van der Waals surface area contributed by atoms with Crippen LogP contribution < -0.4 is 16.8 Å². The van der Waals surface area contributed by atoms with Crippen LogP contribution >= 0.6 is 24.0 Å². The zero-order valence-corrected chi connectivity index (χ0v) is 13.4. The highest BCUT2D eigenvalue weighted by Gasteiger charge is 2.24. The summed E-state index contributed by atoms with van der Waals surface area (Å²) in [6, 6.07) is 0. The smallest absolute Gasteiger partial charge is 0.408 e. The fourth-order valence-electron chi connectivity index (χ4n) is 0.908. The summed E-state index contributed by atoms with van der Waals surface area (Å²) in [5.41, 5.74) is 9.37. The lowest BCUT2D eigenvalue weighted by atomic mass is 10.1. The van der Waals surface area contributed by atoms with Crippen molar-refractivity contribution in [3.05, 3.63) is 0 Å². The van der Waals surface area contributed by atoms with Crippen LogP contribution in [0.15, 0.2) is 4.99 Å². The van der Waals surface area contributed by atoms with Crippen LogP contribution in [-0.2, 0) is 4.74 Å². The van der Waals surface area contributed by atoms with Gasteiger partial charge in [0.25, 0.3) is 0 Å². The number of nitrogens with two attached hydrogens (primary N) is 2. The Kier molecular flexibility index (Phi) is 7.53. The van der Waals surface area contributed by atoms with Gasteiger partial charge in [-0.1, -0.05) is 0 Å². The number of guanidine groups is 1. The SMILES string of the molecule is CC(C)(CN=C(N)N)NC(=O)OC(C)(C)C.I. The highest BCUT2D eigenvalue weighted by Crippen LogP contribution is 2.09. The number of rotatable bonds is 3. The maximum Gasteiger partial charge on any atom is 0.408 e. The monoisotopic (exact) mass is 358 g/mol. The molecule has 102 valence electrons. The summed E-state index contributed by atoms with van der Waals surface area (Å²) in [5, 5.41) is 2.69. The second-order valence-electron chi connectivity index (χ2n) is 5.25. The maximum absolute atomic E-state index is 11.5. The Morgan fingerprint density at radius 1 is 1.24 bits per heavy atom. The molecule has 17 heavy (non-hydrogen) atoms. The van der Waals surface area contributed by atoms with Crippen molar-refractivity contribution in [1.82, 2.24) is 5.32 Å². The van der Waals surface area contributed by atoms with Gasteiger partial charge in [0, 0.05) is 0 Å². The highest BCUT2D eigenvalue weighted by molar-refractivity contribution is 14.0. The van der Waals surface area contributed by atoms with Crippen molar-refractivity contribution in [1.29, 1.82) is 0 Å². The Morgan fingerprint density at radius 2 is 1.71 bits per heavy atom. The standard InChI is InChI=1S/C10H22N4O2.HI/c1-9(2,3)16-8(15)14-10(4,5)6-13-7(11)12;/h6H2,1-5H3,(H,14,15)(H4,11,12,13);1H. The second kappa shape index (κ2) is 6.87. The third kappa shape index (κ3) is 11.5. The lowest BCUT2D eigenvalue weighted by Crippen LogP contribution is -2.48. The molecule has 6 nitrogen and oxygen atoms in total. The first kappa shape index (κ1) is 18.6. The molecular formula is C10H23IN4O2.